The number of carbonyl (C=O) groups is 1. The van der Waals surface area contributed by atoms with E-state index in [4.69, 9.17) is 0 Å². The second-order valence-electron chi connectivity index (χ2n) is 7.67. The molecule has 1 aromatic carbocycles. The van der Waals surface area contributed by atoms with Gasteiger partial charge in [-0.15, -0.1) is 0 Å². The van der Waals surface area contributed by atoms with E-state index in [1.807, 2.05) is 26.0 Å². The monoisotopic (exact) mass is 402 g/mol. The van der Waals surface area contributed by atoms with E-state index in [1.165, 1.54) is 11.6 Å². The van der Waals surface area contributed by atoms with Crippen molar-refractivity contribution >= 4 is 22.6 Å². The van der Waals surface area contributed by atoms with Crippen molar-refractivity contribution in [3.63, 3.8) is 0 Å². The van der Waals surface area contributed by atoms with Gasteiger partial charge in [-0.25, -0.2) is 9.67 Å². The molecule has 152 valence electrons. The van der Waals surface area contributed by atoms with Crippen LogP contribution in [0.15, 0.2) is 24.3 Å². The summed E-state index contributed by atoms with van der Waals surface area (Å²) >= 11 is 0. The van der Waals surface area contributed by atoms with Crippen molar-refractivity contribution in [2.75, 3.05) is 5.32 Å². The van der Waals surface area contributed by atoms with Crippen LogP contribution in [0.3, 0.4) is 0 Å². The van der Waals surface area contributed by atoms with Gasteiger partial charge in [-0.3, -0.25) is 4.79 Å². The van der Waals surface area contributed by atoms with Gasteiger partial charge in [0.25, 0.3) is 0 Å². The van der Waals surface area contributed by atoms with E-state index in [9.17, 15) is 18.0 Å². The Labute approximate surface area is 165 Å². The summed E-state index contributed by atoms with van der Waals surface area (Å²) in [6, 6.07) is 6.77. The lowest BCUT2D eigenvalue weighted by molar-refractivity contribution is -0.136. The first-order valence-corrected chi connectivity index (χ1v) is 9.46. The molecule has 0 radical (unpaired) electrons. The maximum atomic E-state index is 13.7. The Morgan fingerprint density at radius 3 is 2.55 bits per heavy atom. The lowest BCUT2D eigenvalue weighted by Gasteiger charge is -2.12. The molecule has 3 aromatic rings. The summed E-state index contributed by atoms with van der Waals surface area (Å²) in [5.41, 5.74) is 2.65. The van der Waals surface area contributed by atoms with Gasteiger partial charge in [0.2, 0.25) is 5.91 Å². The minimum Gasteiger partial charge on any atom is -0.324 e. The van der Waals surface area contributed by atoms with Crippen LogP contribution in [0, 0.1) is 20.8 Å². The highest BCUT2D eigenvalue weighted by Gasteiger charge is 2.37. The first-order valence-electron chi connectivity index (χ1n) is 9.46. The highest BCUT2D eigenvalue weighted by molar-refractivity contribution is 5.92. The van der Waals surface area contributed by atoms with Crippen molar-refractivity contribution < 1.29 is 18.0 Å². The number of aryl methyl sites for hydroxylation is 3. The van der Waals surface area contributed by atoms with Crippen LogP contribution in [0.5, 0.6) is 0 Å². The van der Waals surface area contributed by atoms with E-state index in [2.05, 4.69) is 15.4 Å². The third-order valence-electron chi connectivity index (χ3n) is 5.15. The zero-order valence-electron chi connectivity index (χ0n) is 16.4. The van der Waals surface area contributed by atoms with Gasteiger partial charge in [-0.2, -0.15) is 18.3 Å². The molecule has 2 heterocycles. The van der Waals surface area contributed by atoms with E-state index in [-0.39, 0.29) is 35.1 Å². The Kier molecular flexibility index (Phi) is 4.59. The molecule has 0 saturated heterocycles. The highest BCUT2D eigenvalue weighted by atomic mass is 19.4. The molecule has 1 aliphatic rings. The van der Waals surface area contributed by atoms with Crippen LogP contribution < -0.4 is 5.32 Å². The van der Waals surface area contributed by atoms with Crippen LogP contribution in [0.1, 0.15) is 46.8 Å². The second kappa shape index (κ2) is 6.86. The molecule has 0 spiro atoms. The number of alkyl halides is 3. The molecule has 1 amide bonds. The quantitative estimate of drug-likeness (QED) is 0.676. The number of hydrogen-bond acceptors (Lipinski definition) is 3. The number of amides is 1. The molecule has 4 rings (SSSR count). The normalized spacial score (nSPS) is 14.4. The fourth-order valence-electron chi connectivity index (χ4n) is 3.57. The lowest BCUT2D eigenvalue weighted by atomic mass is 10.1. The molecule has 29 heavy (non-hydrogen) atoms. The fraction of sp³-hybridized carbons (Fsp3) is 0.381. The summed E-state index contributed by atoms with van der Waals surface area (Å²) in [7, 11) is 0. The predicted octanol–water partition coefficient (Wildman–Crippen LogP) is 4.89. The first kappa shape index (κ1) is 19.4. The minimum atomic E-state index is -4.51. The predicted molar refractivity (Wildman–Crippen MR) is 104 cm³/mol. The van der Waals surface area contributed by atoms with E-state index < -0.39 is 11.7 Å². The van der Waals surface area contributed by atoms with E-state index in [0.29, 0.717) is 11.4 Å². The smallest absolute Gasteiger partial charge is 0.324 e. The third-order valence-corrected chi connectivity index (χ3v) is 5.15. The number of rotatable bonds is 4. The molecule has 1 aliphatic carbocycles. The molecule has 1 N–H and O–H groups in total. The van der Waals surface area contributed by atoms with Crippen molar-refractivity contribution in [2.24, 2.45) is 0 Å². The van der Waals surface area contributed by atoms with Crippen molar-refractivity contribution in [3.05, 3.63) is 52.3 Å². The Bertz CT molecular complexity index is 1110. The van der Waals surface area contributed by atoms with E-state index >= 15 is 0 Å². The van der Waals surface area contributed by atoms with Gasteiger partial charge in [0, 0.05) is 17.3 Å². The molecular weight excluding hydrogens is 381 g/mol. The Morgan fingerprint density at radius 2 is 1.93 bits per heavy atom. The largest absolute Gasteiger partial charge is 0.417 e. The summed E-state index contributed by atoms with van der Waals surface area (Å²) in [4.78, 5) is 17.0. The van der Waals surface area contributed by atoms with Crippen molar-refractivity contribution in [1.82, 2.24) is 14.8 Å². The SMILES string of the molecule is Cc1ccc(NC(=O)Cn2nc(C)c3c(C(F)(F)F)cc(C4CC4)nc32)c(C)c1. The summed E-state index contributed by atoms with van der Waals surface area (Å²) in [6.45, 7) is 5.14. The number of fused-ring (bicyclic) bond motifs is 1. The number of hydrogen-bond donors (Lipinski definition) is 1. The first-order chi connectivity index (χ1) is 13.6. The van der Waals surface area contributed by atoms with Gasteiger partial charge in [0.05, 0.1) is 16.6 Å². The van der Waals surface area contributed by atoms with Gasteiger partial charge >= 0.3 is 6.18 Å². The molecule has 2 aromatic heterocycles. The number of nitrogens with zero attached hydrogens (tertiary/aromatic N) is 3. The number of pyridine rings is 1. The summed E-state index contributed by atoms with van der Waals surface area (Å²) in [6.07, 6.45) is -2.85. The zero-order chi connectivity index (χ0) is 20.9. The molecule has 0 atom stereocenters. The van der Waals surface area contributed by atoms with Crippen LogP contribution in [-0.4, -0.2) is 20.7 Å². The van der Waals surface area contributed by atoms with E-state index in [1.54, 1.807) is 6.07 Å². The zero-order valence-corrected chi connectivity index (χ0v) is 16.4. The standard InChI is InChI=1S/C21H21F3N4O/c1-11-4-7-16(12(2)8-11)25-18(29)10-28-20-19(13(3)27-28)15(21(22,23)24)9-17(26-20)14-5-6-14/h4,7-9,14H,5-6,10H2,1-3H3,(H,25,29). The summed E-state index contributed by atoms with van der Waals surface area (Å²) < 4.78 is 42.2. The molecular formula is C21H21F3N4O. The Balaban J connectivity index is 1.70. The number of carbonyl (C=O) groups excluding carboxylic acids is 1. The number of aromatic nitrogens is 3. The molecule has 0 unspecified atom stereocenters. The maximum absolute atomic E-state index is 13.7. The molecule has 1 fully saturated rings. The van der Waals surface area contributed by atoms with Crippen molar-refractivity contribution in [3.8, 4) is 0 Å². The average Bonchev–Trinajstić information content (AvgIpc) is 3.42. The third kappa shape index (κ3) is 3.83. The second-order valence-corrected chi connectivity index (χ2v) is 7.67. The topological polar surface area (TPSA) is 59.8 Å². The number of benzene rings is 1. The highest BCUT2D eigenvalue weighted by Crippen LogP contribution is 2.43. The van der Waals surface area contributed by atoms with Gasteiger partial charge in [0.15, 0.2) is 5.65 Å². The van der Waals surface area contributed by atoms with Crippen LogP contribution in [0.2, 0.25) is 0 Å². The van der Waals surface area contributed by atoms with Gasteiger partial charge in [-0.05, 0) is 51.3 Å². The van der Waals surface area contributed by atoms with Crippen LogP contribution in [-0.2, 0) is 17.5 Å². The van der Waals surface area contributed by atoms with E-state index in [0.717, 1.165) is 30.0 Å². The molecule has 1 saturated carbocycles. The van der Waals surface area contributed by atoms with Crippen LogP contribution in [0.4, 0.5) is 18.9 Å². The fourth-order valence-corrected chi connectivity index (χ4v) is 3.57. The Morgan fingerprint density at radius 1 is 1.21 bits per heavy atom. The van der Waals surface area contributed by atoms with Gasteiger partial charge in [-0.1, -0.05) is 17.7 Å². The average molecular weight is 402 g/mol. The lowest BCUT2D eigenvalue weighted by Crippen LogP contribution is -2.20. The summed E-state index contributed by atoms with van der Waals surface area (Å²) in [5.74, 6) is -0.318. The van der Waals surface area contributed by atoms with Crippen molar-refractivity contribution in [1.29, 1.82) is 0 Å². The molecule has 0 aliphatic heterocycles. The van der Waals surface area contributed by atoms with Crippen molar-refractivity contribution in [2.45, 2.75) is 52.3 Å². The minimum absolute atomic E-state index is 0.0405. The van der Waals surface area contributed by atoms with Gasteiger partial charge < -0.3 is 5.32 Å². The van der Waals surface area contributed by atoms with Crippen LogP contribution >= 0.6 is 0 Å². The molecule has 8 heteroatoms. The molecule has 5 nitrogen and oxygen atoms in total. The number of halogens is 3. The number of anilines is 1. The van der Waals surface area contributed by atoms with Crippen LogP contribution in [0.25, 0.3) is 11.0 Å². The number of nitrogens with one attached hydrogen (secondary N) is 1. The maximum Gasteiger partial charge on any atom is 0.417 e. The Hall–Kier alpha value is -2.90. The van der Waals surface area contributed by atoms with Gasteiger partial charge in [0.1, 0.15) is 6.54 Å². The molecule has 0 bridgehead atoms. The summed E-state index contributed by atoms with van der Waals surface area (Å²) in [5, 5.41) is 6.96.